The maximum atomic E-state index is 5.99. The van der Waals surface area contributed by atoms with Crippen molar-refractivity contribution in [2.24, 2.45) is 0 Å². The van der Waals surface area contributed by atoms with E-state index in [0.717, 1.165) is 30.3 Å². The molecular weight excluding hydrogens is 266 g/mol. The van der Waals surface area contributed by atoms with E-state index in [0.29, 0.717) is 4.75 Å². The molecule has 1 saturated carbocycles. The molecule has 1 aliphatic carbocycles. The van der Waals surface area contributed by atoms with E-state index in [1.807, 2.05) is 30.0 Å². The molecule has 0 saturated heterocycles. The number of fused-ring (bicyclic) bond motifs is 1. The van der Waals surface area contributed by atoms with Crippen molar-refractivity contribution in [3.8, 4) is 5.75 Å². The smallest absolute Gasteiger partial charge is 0.123 e. The fourth-order valence-electron chi connectivity index (χ4n) is 2.46. The third-order valence-electron chi connectivity index (χ3n) is 3.82. The first-order valence-corrected chi connectivity index (χ1v) is 8.02. The first-order chi connectivity index (χ1) is 8.71. The highest BCUT2D eigenvalue weighted by atomic mass is 35.5. The normalized spacial score (nSPS) is 23.6. The van der Waals surface area contributed by atoms with Gasteiger partial charge in [0.25, 0.3) is 0 Å². The van der Waals surface area contributed by atoms with E-state index in [9.17, 15) is 0 Å². The van der Waals surface area contributed by atoms with E-state index in [-0.39, 0.29) is 6.10 Å². The Hall–Kier alpha value is -0.380. The van der Waals surface area contributed by atoms with Gasteiger partial charge in [-0.05, 0) is 42.9 Å². The van der Waals surface area contributed by atoms with Crippen molar-refractivity contribution < 1.29 is 4.74 Å². The number of hydrogen-bond acceptors (Lipinski definition) is 3. The molecule has 4 heteroatoms. The van der Waals surface area contributed by atoms with Crippen LogP contribution >= 0.6 is 23.4 Å². The number of ether oxygens (including phenoxy) is 1. The summed E-state index contributed by atoms with van der Waals surface area (Å²) in [5.41, 5.74) is 1.24. The van der Waals surface area contributed by atoms with Crippen LogP contribution in [0.2, 0.25) is 5.02 Å². The topological polar surface area (TPSA) is 21.3 Å². The quantitative estimate of drug-likeness (QED) is 0.897. The highest BCUT2D eigenvalue weighted by Crippen LogP contribution is 2.46. The molecule has 3 rings (SSSR count). The zero-order valence-electron chi connectivity index (χ0n) is 10.5. The van der Waals surface area contributed by atoms with Gasteiger partial charge in [-0.25, -0.2) is 0 Å². The Labute approximate surface area is 117 Å². The molecule has 0 spiro atoms. The highest BCUT2D eigenvalue weighted by molar-refractivity contribution is 8.00. The Morgan fingerprint density at radius 1 is 1.50 bits per heavy atom. The lowest BCUT2D eigenvalue weighted by molar-refractivity contribution is 0.228. The first-order valence-electron chi connectivity index (χ1n) is 6.42. The molecule has 1 aliphatic heterocycles. The van der Waals surface area contributed by atoms with Gasteiger partial charge in [-0.15, -0.1) is 0 Å². The van der Waals surface area contributed by atoms with Gasteiger partial charge in [0, 0.05) is 29.3 Å². The molecule has 0 radical (unpaired) electrons. The molecule has 1 aromatic rings. The summed E-state index contributed by atoms with van der Waals surface area (Å²) in [6.07, 6.45) is 6.13. The van der Waals surface area contributed by atoms with E-state index in [2.05, 4.69) is 11.6 Å². The maximum Gasteiger partial charge on any atom is 0.123 e. The highest BCUT2D eigenvalue weighted by Gasteiger charge is 2.41. The molecule has 18 heavy (non-hydrogen) atoms. The molecule has 2 nitrogen and oxygen atoms in total. The van der Waals surface area contributed by atoms with Gasteiger partial charge in [-0.2, -0.15) is 11.8 Å². The number of benzene rings is 1. The van der Waals surface area contributed by atoms with Crippen LogP contribution < -0.4 is 10.1 Å². The van der Waals surface area contributed by atoms with Crippen LogP contribution in [-0.2, 0) is 6.42 Å². The van der Waals surface area contributed by atoms with Gasteiger partial charge in [0.05, 0.1) is 0 Å². The fraction of sp³-hybridized carbons (Fsp3) is 0.571. The Morgan fingerprint density at radius 2 is 2.33 bits per heavy atom. The molecule has 0 aromatic heterocycles. The van der Waals surface area contributed by atoms with E-state index in [4.69, 9.17) is 16.3 Å². The molecule has 1 atom stereocenters. The van der Waals surface area contributed by atoms with Crippen molar-refractivity contribution in [3.05, 3.63) is 28.8 Å². The lowest BCUT2D eigenvalue weighted by atomic mass is 10.1. The predicted octanol–water partition coefficient (Wildman–Crippen LogP) is 3.13. The van der Waals surface area contributed by atoms with Crippen LogP contribution in [-0.4, -0.2) is 30.2 Å². The van der Waals surface area contributed by atoms with Gasteiger partial charge in [-0.1, -0.05) is 11.6 Å². The molecular formula is C14H18ClNOS. The van der Waals surface area contributed by atoms with Gasteiger partial charge in [-0.3, -0.25) is 0 Å². The summed E-state index contributed by atoms with van der Waals surface area (Å²) in [7, 11) is 0. The summed E-state index contributed by atoms with van der Waals surface area (Å²) < 4.78 is 6.43. The van der Waals surface area contributed by atoms with E-state index >= 15 is 0 Å². The van der Waals surface area contributed by atoms with Crippen LogP contribution in [0.25, 0.3) is 0 Å². The Bertz CT molecular complexity index is 447. The molecule has 2 aliphatic rings. The molecule has 98 valence electrons. The van der Waals surface area contributed by atoms with Crippen molar-refractivity contribution in [2.75, 3.05) is 19.3 Å². The second-order valence-corrected chi connectivity index (χ2v) is 6.92. The Balaban J connectivity index is 1.49. The third-order valence-corrected chi connectivity index (χ3v) is 5.48. The summed E-state index contributed by atoms with van der Waals surface area (Å²) in [5.74, 6) is 0.997. The van der Waals surface area contributed by atoms with Gasteiger partial charge in [0.2, 0.25) is 0 Å². The monoisotopic (exact) mass is 283 g/mol. The summed E-state index contributed by atoms with van der Waals surface area (Å²) in [4.78, 5) is 0. The second kappa shape index (κ2) is 4.95. The molecule has 0 bridgehead atoms. The zero-order chi connectivity index (χ0) is 12.6. The second-order valence-electron chi connectivity index (χ2n) is 5.21. The minimum Gasteiger partial charge on any atom is -0.488 e. The molecule has 1 heterocycles. The predicted molar refractivity (Wildman–Crippen MR) is 77.9 cm³/mol. The van der Waals surface area contributed by atoms with Crippen molar-refractivity contribution >= 4 is 23.4 Å². The lowest BCUT2D eigenvalue weighted by Crippen LogP contribution is -2.35. The fourth-order valence-corrected chi connectivity index (χ4v) is 3.41. The van der Waals surface area contributed by atoms with Gasteiger partial charge < -0.3 is 10.1 Å². The summed E-state index contributed by atoms with van der Waals surface area (Å²) in [6.45, 7) is 2.03. The largest absolute Gasteiger partial charge is 0.488 e. The number of hydrogen-bond donors (Lipinski definition) is 1. The first kappa shape index (κ1) is 12.6. The SMILES string of the molecule is CSC1(CNCC2Cc3cc(Cl)ccc3O2)CC1. The molecule has 1 unspecified atom stereocenters. The standard InChI is InChI=1S/C14H18ClNOS/c1-18-14(4-5-14)9-16-8-12-7-10-6-11(15)2-3-13(10)17-12/h2-3,6,12,16H,4-5,7-9H2,1H3. The van der Waals surface area contributed by atoms with Crippen molar-refractivity contribution in [1.82, 2.24) is 5.32 Å². The van der Waals surface area contributed by atoms with Crippen LogP contribution in [0.3, 0.4) is 0 Å². The zero-order valence-corrected chi connectivity index (χ0v) is 12.1. The molecule has 1 N–H and O–H groups in total. The van der Waals surface area contributed by atoms with E-state index < -0.39 is 0 Å². The van der Waals surface area contributed by atoms with Gasteiger partial charge in [0.1, 0.15) is 11.9 Å². The van der Waals surface area contributed by atoms with Crippen molar-refractivity contribution in [1.29, 1.82) is 0 Å². The minimum atomic E-state index is 0.260. The third kappa shape index (κ3) is 2.63. The van der Waals surface area contributed by atoms with Gasteiger partial charge in [0.15, 0.2) is 0 Å². The van der Waals surface area contributed by atoms with Gasteiger partial charge >= 0.3 is 0 Å². The molecule has 1 fully saturated rings. The van der Waals surface area contributed by atoms with Crippen molar-refractivity contribution in [2.45, 2.75) is 30.1 Å². The molecule has 1 aromatic carbocycles. The minimum absolute atomic E-state index is 0.260. The van der Waals surface area contributed by atoms with Crippen LogP contribution in [0.1, 0.15) is 18.4 Å². The average Bonchev–Trinajstić information content (AvgIpc) is 3.02. The van der Waals surface area contributed by atoms with E-state index in [1.165, 1.54) is 18.4 Å². The lowest BCUT2D eigenvalue weighted by Gasteiger charge is -2.16. The Morgan fingerprint density at radius 3 is 3.06 bits per heavy atom. The summed E-state index contributed by atoms with van der Waals surface area (Å²) in [5, 5.41) is 4.35. The van der Waals surface area contributed by atoms with Crippen LogP contribution in [0.4, 0.5) is 0 Å². The van der Waals surface area contributed by atoms with Crippen molar-refractivity contribution in [3.63, 3.8) is 0 Å². The van der Waals surface area contributed by atoms with Crippen LogP contribution in [0.5, 0.6) is 5.75 Å². The number of rotatable bonds is 5. The number of thioether (sulfide) groups is 1. The van der Waals surface area contributed by atoms with E-state index in [1.54, 1.807) is 0 Å². The number of nitrogens with one attached hydrogen (secondary N) is 1. The summed E-state index contributed by atoms with van der Waals surface area (Å²) >= 11 is 7.98. The maximum absolute atomic E-state index is 5.99. The Kier molecular flexibility index (Phi) is 3.48. The molecule has 0 amide bonds. The summed E-state index contributed by atoms with van der Waals surface area (Å²) in [6, 6.07) is 5.88. The number of halogens is 1. The van der Waals surface area contributed by atoms with Crippen LogP contribution in [0.15, 0.2) is 18.2 Å². The van der Waals surface area contributed by atoms with Crippen LogP contribution in [0, 0.1) is 0 Å². The average molecular weight is 284 g/mol.